The van der Waals surface area contributed by atoms with Crippen LogP contribution in [-0.4, -0.2) is 39.5 Å². The Kier molecular flexibility index (Phi) is 6.71. The van der Waals surface area contributed by atoms with Crippen molar-refractivity contribution in [1.29, 1.82) is 5.41 Å². The van der Waals surface area contributed by atoms with E-state index in [2.05, 4.69) is 9.47 Å². The molecule has 0 saturated carbocycles. The summed E-state index contributed by atoms with van der Waals surface area (Å²) in [6, 6.07) is 0. The fourth-order valence-electron chi connectivity index (χ4n) is 0.944. The van der Waals surface area contributed by atoms with E-state index in [0.717, 1.165) is 0 Å². The minimum atomic E-state index is -2.60. The van der Waals surface area contributed by atoms with Crippen LogP contribution in [0.25, 0.3) is 0 Å². The zero-order chi connectivity index (χ0) is 14.6. The lowest BCUT2D eigenvalue weighted by Gasteiger charge is -2.26. The second kappa shape index (κ2) is 6.80. The van der Waals surface area contributed by atoms with Crippen molar-refractivity contribution in [3.05, 3.63) is 0 Å². The number of alkyl halides is 4. The van der Waals surface area contributed by atoms with Gasteiger partial charge in [0.2, 0.25) is 3.79 Å². The first-order valence-corrected chi connectivity index (χ1v) is 6.33. The Balaban J connectivity index is 5.49. The molecular formula is C9H11Cl4NO4. The normalized spacial score (nSPS) is 11.9. The van der Waals surface area contributed by atoms with Crippen molar-refractivity contribution >= 4 is 64.1 Å². The zero-order valence-electron chi connectivity index (χ0n) is 9.56. The average Bonchev–Trinajstić information content (AvgIpc) is 2.26. The van der Waals surface area contributed by atoms with Crippen molar-refractivity contribution < 1.29 is 19.1 Å². The first kappa shape index (κ1) is 17.8. The zero-order valence-corrected chi connectivity index (χ0v) is 12.6. The number of hydrogen-bond acceptors (Lipinski definition) is 5. The lowest BCUT2D eigenvalue weighted by molar-refractivity contribution is -0.156. The second-order valence-corrected chi connectivity index (χ2v) is 5.82. The van der Waals surface area contributed by atoms with Crippen LogP contribution in [-0.2, 0) is 19.1 Å². The highest BCUT2D eigenvalue weighted by atomic mass is 35.6. The summed E-state index contributed by atoms with van der Waals surface area (Å²) in [5, 5.41) is 7.58. The molecule has 104 valence electrons. The van der Waals surface area contributed by atoms with E-state index in [9.17, 15) is 9.59 Å². The van der Waals surface area contributed by atoms with Crippen LogP contribution >= 0.6 is 46.4 Å². The summed E-state index contributed by atoms with van der Waals surface area (Å²) in [6.45, 7) is 2.89. The van der Waals surface area contributed by atoms with Gasteiger partial charge in [-0.1, -0.05) is 46.4 Å². The molecule has 0 aromatic heterocycles. The van der Waals surface area contributed by atoms with Crippen molar-refractivity contribution in [2.24, 2.45) is 0 Å². The Morgan fingerprint density at radius 2 is 1.33 bits per heavy atom. The highest BCUT2D eigenvalue weighted by molar-refractivity contribution is 6.81. The van der Waals surface area contributed by atoms with Gasteiger partial charge in [-0.15, -0.1) is 0 Å². The molecule has 0 saturated heterocycles. The van der Waals surface area contributed by atoms with E-state index < -0.39 is 26.3 Å². The van der Waals surface area contributed by atoms with Gasteiger partial charge in [0.05, 0.1) is 13.2 Å². The van der Waals surface area contributed by atoms with Gasteiger partial charge in [0, 0.05) is 0 Å². The van der Waals surface area contributed by atoms with Crippen LogP contribution in [0.2, 0.25) is 0 Å². The van der Waals surface area contributed by atoms with Crippen molar-refractivity contribution in [2.45, 2.75) is 22.5 Å². The van der Waals surface area contributed by atoms with Crippen LogP contribution in [0.3, 0.4) is 0 Å². The molecule has 0 bridgehead atoms. The van der Waals surface area contributed by atoms with Gasteiger partial charge >= 0.3 is 11.9 Å². The largest absolute Gasteiger partial charge is 0.464 e. The fourth-order valence-corrected chi connectivity index (χ4v) is 1.77. The molecule has 1 N–H and O–H groups in total. The van der Waals surface area contributed by atoms with Gasteiger partial charge in [0.15, 0.2) is 0 Å². The number of carbonyl (C=O) groups is 2. The first-order chi connectivity index (χ1) is 8.12. The SMILES string of the molecule is CCOC(=O)C(Cl)(C(=N)C(Cl)(Cl)Cl)C(=O)OCC. The van der Waals surface area contributed by atoms with Crippen LogP contribution in [0, 0.1) is 5.41 Å². The molecule has 0 aromatic rings. The van der Waals surface area contributed by atoms with Gasteiger partial charge in [-0.3, -0.25) is 0 Å². The first-order valence-electron chi connectivity index (χ1n) is 4.81. The van der Waals surface area contributed by atoms with E-state index in [0.29, 0.717) is 0 Å². The molecule has 0 spiro atoms. The maximum Gasteiger partial charge on any atom is 0.345 e. The highest BCUT2D eigenvalue weighted by Gasteiger charge is 2.57. The van der Waals surface area contributed by atoms with Gasteiger partial charge in [-0.05, 0) is 13.8 Å². The monoisotopic (exact) mass is 337 g/mol. The van der Waals surface area contributed by atoms with Crippen LogP contribution in [0.5, 0.6) is 0 Å². The van der Waals surface area contributed by atoms with E-state index in [1.807, 2.05) is 0 Å². The Hall–Kier alpha value is -0.230. The minimum absolute atomic E-state index is 0.0557. The Bertz CT molecular complexity index is 335. The van der Waals surface area contributed by atoms with Crippen molar-refractivity contribution in [3.8, 4) is 0 Å². The lowest BCUT2D eigenvalue weighted by Crippen LogP contribution is -2.54. The predicted octanol–water partition coefficient (Wildman–Crippen LogP) is 2.48. The number of nitrogens with one attached hydrogen (secondary N) is 1. The van der Waals surface area contributed by atoms with Crippen molar-refractivity contribution in [3.63, 3.8) is 0 Å². The van der Waals surface area contributed by atoms with Crippen LogP contribution in [0.4, 0.5) is 0 Å². The summed E-state index contributed by atoms with van der Waals surface area (Å²) in [5.41, 5.74) is -0.946. The molecular weight excluding hydrogens is 328 g/mol. The van der Waals surface area contributed by atoms with Crippen LogP contribution in [0.15, 0.2) is 0 Å². The molecule has 0 aliphatic carbocycles. The van der Waals surface area contributed by atoms with Gasteiger partial charge in [0.1, 0.15) is 5.71 Å². The van der Waals surface area contributed by atoms with E-state index >= 15 is 0 Å². The second-order valence-electron chi connectivity index (χ2n) is 2.97. The number of carbonyl (C=O) groups excluding carboxylic acids is 2. The maximum atomic E-state index is 11.7. The molecule has 0 radical (unpaired) electrons. The molecule has 0 aromatic carbocycles. The summed E-state index contributed by atoms with van der Waals surface area (Å²) in [7, 11) is 0. The molecule has 0 heterocycles. The van der Waals surface area contributed by atoms with E-state index in [-0.39, 0.29) is 13.2 Å². The molecule has 0 fully saturated rings. The molecule has 0 unspecified atom stereocenters. The third-order valence-corrected chi connectivity index (χ3v) is 2.81. The van der Waals surface area contributed by atoms with E-state index in [1.54, 1.807) is 0 Å². The lowest BCUT2D eigenvalue weighted by atomic mass is 10.0. The third-order valence-electron chi connectivity index (χ3n) is 1.74. The average molecular weight is 339 g/mol. The number of esters is 2. The van der Waals surface area contributed by atoms with Crippen LogP contribution < -0.4 is 0 Å². The molecule has 0 aliphatic rings. The van der Waals surface area contributed by atoms with Crippen LogP contribution in [0.1, 0.15) is 13.8 Å². The van der Waals surface area contributed by atoms with E-state index in [1.165, 1.54) is 13.8 Å². The summed E-state index contributed by atoms with van der Waals surface area (Å²) >= 11 is 22.2. The number of ether oxygens (including phenoxy) is 2. The molecule has 0 rings (SSSR count). The topological polar surface area (TPSA) is 76.5 Å². The third kappa shape index (κ3) is 3.88. The Morgan fingerprint density at radius 1 is 1.00 bits per heavy atom. The smallest absolute Gasteiger partial charge is 0.345 e. The number of halogens is 4. The molecule has 0 atom stereocenters. The molecule has 9 heteroatoms. The quantitative estimate of drug-likeness (QED) is 0.361. The summed E-state index contributed by atoms with van der Waals surface area (Å²) in [5.74, 6) is -2.44. The predicted molar refractivity (Wildman–Crippen MR) is 69.9 cm³/mol. The standard InChI is InChI=1S/C9H11Cl4NO4/c1-3-17-6(15)8(10,7(16)18-4-2)5(14)9(11,12)13/h14H,3-4H2,1-2H3. The maximum absolute atomic E-state index is 11.7. The highest BCUT2D eigenvalue weighted by Crippen LogP contribution is 2.36. The van der Waals surface area contributed by atoms with Gasteiger partial charge in [0.25, 0.3) is 4.87 Å². The Morgan fingerprint density at radius 3 is 1.56 bits per heavy atom. The van der Waals surface area contributed by atoms with Gasteiger partial charge < -0.3 is 14.9 Å². The fraction of sp³-hybridized carbons (Fsp3) is 0.667. The number of rotatable bonds is 5. The van der Waals surface area contributed by atoms with E-state index in [4.69, 9.17) is 51.8 Å². The molecule has 5 nitrogen and oxygen atoms in total. The van der Waals surface area contributed by atoms with Gasteiger partial charge in [-0.25, -0.2) is 9.59 Å². The number of hydrogen-bond donors (Lipinski definition) is 1. The van der Waals surface area contributed by atoms with Crippen molar-refractivity contribution in [2.75, 3.05) is 13.2 Å². The molecule has 18 heavy (non-hydrogen) atoms. The van der Waals surface area contributed by atoms with Gasteiger partial charge in [-0.2, -0.15) is 0 Å². The summed E-state index contributed by atoms with van der Waals surface area (Å²) in [4.78, 5) is 20.8. The molecule has 0 amide bonds. The summed E-state index contributed by atoms with van der Waals surface area (Å²) in [6.07, 6.45) is 0. The Labute approximate surface area is 124 Å². The van der Waals surface area contributed by atoms with Crippen molar-refractivity contribution in [1.82, 2.24) is 0 Å². The minimum Gasteiger partial charge on any atom is -0.464 e. The summed E-state index contributed by atoms with van der Waals surface area (Å²) < 4.78 is 6.87. The molecule has 0 aliphatic heterocycles.